The molecule has 3 fully saturated rings. The van der Waals surface area contributed by atoms with E-state index in [1.807, 2.05) is 17.9 Å². The molecule has 1 amide bonds. The molecule has 4 rings (SSSR count). The number of carbonyl (C=O) groups excluding carboxylic acids is 1. The average molecular weight is 509 g/mol. The maximum absolute atomic E-state index is 12.7. The number of hydrogen-bond donors (Lipinski definition) is 0. The fourth-order valence-corrected chi connectivity index (χ4v) is 5.35. The van der Waals surface area contributed by atoms with E-state index in [-0.39, 0.29) is 13.1 Å². The van der Waals surface area contributed by atoms with Crippen LogP contribution in [-0.4, -0.2) is 98.7 Å². The van der Waals surface area contributed by atoms with Gasteiger partial charge >= 0.3 is 18.4 Å². The SMILES string of the molecule is Cc1ccc(CN2CCN(C(=O)OC(C(F)(F)F)C(F)(F)F)CC2)c(N2CC3CN(C)CC3C2)c1. The van der Waals surface area contributed by atoms with Crippen LogP contribution in [0.1, 0.15) is 11.1 Å². The van der Waals surface area contributed by atoms with Crippen LogP contribution < -0.4 is 4.90 Å². The lowest BCUT2D eigenvalue weighted by Crippen LogP contribution is -2.52. The molecule has 3 aliphatic heterocycles. The fraction of sp³-hybridized carbons (Fsp3) is 0.696. The van der Waals surface area contributed by atoms with Gasteiger partial charge in [-0.15, -0.1) is 0 Å². The van der Waals surface area contributed by atoms with Crippen molar-refractivity contribution >= 4 is 11.8 Å². The summed E-state index contributed by atoms with van der Waals surface area (Å²) in [5, 5.41) is 0. The van der Waals surface area contributed by atoms with Crippen LogP contribution in [0.3, 0.4) is 0 Å². The van der Waals surface area contributed by atoms with E-state index in [2.05, 4.69) is 33.7 Å². The highest BCUT2D eigenvalue weighted by atomic mass is 19.4. The number of likely N-dealkylation sites (tertiary alicyclic amines) is 1. The predicted octanol–water partition coefficient (Wildman–Crippen LogP) is 3.74. The number of anilines is 1. The Hall–Kier alpha value is -2.21. The molecule has 0 saturated carbocycles. The van der Waals surface area contributed by atoms with E-state index >= 15 is 0 Å². The van der Waals surface area contributed by atoms with Gasteiger partial charge in [0.25, 0.3) is 6.10 Å². The number of aryl methyl sites for hydroxylation is 1. The van der Waals surface area contributed by atoms with E-state index in [1.165, 1.54) is 5.69 Å². The first-order valence-electron chi connectivity index (χ1n) is 11.7. The molecular weight excluding hydrogens is 478 g/mol. The minimum atomic E-state index is -5.72. The first-order valence-corrected chi connectivity index (χ1v) is 11.7. The molecule has 196 valence electrons. The third-order valence-electron chi connectivity index (χ3n) is 7.09. The first kappa shape index (κ1) is 25.9. The molecule has 0 radical (unpaired) electrons. The molecular formula is C23H30F6N4O2. The number of alkyl halides is 6. The number of amides is 1. The quantitative estimate of drug-likeness (QED) is 0.580. The van der Waals surface area contributed by atoms with E-state index in [1.54, 1.807) is 0 Å². The Kier molecular flexibility index (Phi) is 7.16. The molecule has 2 unspecified atom stereocenters. The smallest absolute Gasteiger partial charge is 0.426 e. The highest BCUT2D eigenvalue weighted by molar-refractivity contribution is 5.68. The van der Waals surface area contributed by atoms with Crippen molar-refractivity contribution in [2.75, 3.05) is 64.3 Å². The largest absolute Gasteiger partial charge is 0.434 e. The minimum Gasteiger partial charge on any atom is -0.426 e. The van der Waals surface area contributed by atoms with Gasteiger partial charge in [-0.2, -0.15) is 26.3 Å². The summed E-state index contributed by atoms with van der Waals surface area (Å²) >= 11 is 0. The molecule has 35 heavy (non-hydrogen) atoms. The van der Waals surface area contributed by atoms with Crippen LogP contribution >= 0.6 is 0 Å². The number of hydrogen-bond acceptors (Lipinski definition) is 5. The highest BCUT2D eigenvalue weighted by Crippen LogP contribution is 2.37. The molecule has 0 spiro atoms. The molecule has 0 aromatic heterocycles. The van der Waals surface area contributed by atoms with Gasteiger partial charge in [-0.05, 0) is 43.0 Å². The minimum absolute atomic E-state index is 0.0113. The standard InChI is InChI=1S/C23H30F6N4O2/c1-15-3-4-16(19(9-15)33-13-17-10-30(2)11-18(17)14-33)12-31-5-7-32(8-6-31)21(34)35-20(22(24,25)26)23(27,28)29/h3-4,9,17-18,20H,5-8,10-14H2,1-2H3. The van der Waals surface area contributed by atoms with E-state index in [0.717, 1.165) is 42.2 Å². The van der Waals surface area contributed by atoms with Crippen LogP contribution in [0.25, 0.3) is 0 Å². The topological polar surface area (TPSA) is 39.3 Å². The number of piperazine rings is 1. The van der Waals surface area contributed by atoms with E-state index in [0.29, 0.717) is 31.5 Å². The van der Waals surface area contributed by atoms with Gasteiger partial charge in [0, 0.05) is 64.6 Å². The molecule has 2 atom stereocenters. The molecule has 0 aliphatic carbocycles. The van der Waals surface area contributed by atoms with Crippen molar-refractivity contribution < 1.29 is 35.9 Å². The number of halogens is 6. The van der Waals surface area contributed by atoms with Crippen molar-refractivity contribution in [2.45, 2.75) is 31.9 Å². The Balaban J connectivity index is 1.35. The summed E-state index contributed by atoms with van der Waals surface area (Å²) in [6.45, 7) is 7.40. The molecule has 1 aromatic carbocycles. The summed E-state index contributed by atoms with van der Waals surface area (Å²) < 4.78 is 80.1. The number of rotatable bonds is 4. The van der Waals surface area contributed by atoms with Crippen LogP contribution in [0.4, 0.5) is 36.8 Å². The Morgan fingerprint density at radius 1 is 0.971 bits per heavy atom. The fourth-order valence-electron chi connectivity index (χ4n) is 5.35. The molecule has 0 N–H and O–H groups in total. The van der Waals surface area contributed by atoms with Gasteiger partial charge in [0.05, 0.1) is 0 Å². The van der Waals surface area contributed by atoms with Gasteiger partial charge in [0.2, 0.25) is 0 Å². The first-order chi connectivity index (χ1) is 16.3. The molecule has 1 aromatic rings. The van der Waals surface area contributed by atoms with Crippen LogP contribution in [0, 0.1) is 18.8 Å². The van der Waals surface area contributed by atoms with Gasteiger partial charge in [0.1, 0.15) is 0 Å². The lowest BCUT2D eigenvalue weighted by Gasteiger charge is -2.36. The van der Waals surface area contributed by atoms with Crippen LogP contribution in [0.2, 0.25) is 0 Å². The van der Waals surface area contributed by atoms with Gasteiger partial charge in [0.15, 0.2) is 0 Å². The maximum atomic E-state index is 12.7. The van der Waals surface area contributed by atoms with Gasteiger partial charge in [-0.25, -0.2) is 4.79 Å². The normalized spacial score (nSPS) is 24.4. The van der Waals surface area contributed by atoms with E-state index in [9.17, 15) is 31.1 Å². The number of ether oxygens (including phenoxy) is 1. The van der Waals surface area contributed by atoms with Crippen molar-refractivity contribution in [1.29, 1.82) is 0 Å². The highest BCUT2D eigenvalue weighted by Gasteiger charge is 2.60. The van der Waals surface area contributed by atoms with E-state index in [4.69, 9.17) is 0 Å². The number of benzene rings is 1. The monoisotopic (exact) mass is 508 g/mol. The lowest BCUT2D eigenvalue weighted by molar-refractivity contribution is -0.308. The zero-order chi connectivity index (χ0) is 25.5. The Labute approximate surface area is 200 Å². The average Bonchev–Trinajstić information content (AvgIpc) is 3.29. The summed E-state index contributed by atoms with van der Waals surface area (Å²) in [6, 6.07) is 6.27. The Morgan fingerprint density at radius 2 is 1.54 bits per heavy atom. The summed E-state index contributed by atoms with van der Waals surface area (Å²) in [7, 11) is 2.14. The third kappa shape index (κ3) is 5.96. The Morgan fingerprint density at radius 3 is 2.09 bits per heavy atom. The molecule has 0 bridgehead atoms. The van der Waals surface area contributed by atoms with Gasteiger partial charge in [-0.1, -0.05) is 12.1 Å². The van der Waals surface area contributed by atoms with Crippen molar-refractivity contribution in [3.63, 3.8) is 0 Å². The van der Waals surface area contributed by atoms with Crippen molar-refractivity contribution in [3.8, 4) is 0 Å². The summed E-state index contributed by atoms with van der Waals surface area (Å²) in [4.78, 5) is 19.8. The maximum Gasteiger partial charge on any atom is 0.434 e. The van der Waals surface area contributed by atoms with Gasteiger partial charge < -0.3 is 19.4 Å². The second kappa shape index (κ2) is 9.68. The van der Waals surface area contributed by atoms with Crippen LogP contribution in [0.15, 0.2) is 18.2 Å². The molecule has 6 nitrogen and oxygen atoms in total. The molecule has 3 aliphatic rings. The zero-order valence-corrected chi connectivity index (χ0v) is 19.7. The zero-order valence-electron chi connectivity index (χ0n) is 19.7. The number of nitrogens with zero attached hydrogens (tertiary/aromatic N) is 4. The summed E-state index contributed by atoms with van der Waals surface area (Å²) in [5.41, 5.74) is 3.44. The van der Waals surface area contributed by atoms with Crippen molar-refractivity contribution in [2.24, 2.45) is 11.8 Å². The van der Waals surface area contributed by atoms with Crippen LogP contribution in [0.5, 0.6) is 0 Å². The molecule has 3 heterocycles. The molecule has 12 heteroatoms. The second-order valence-corrected chi connectivity index (χ2v) is 9.89. The number of fused-ring (bicyclic) bond motifs is 1. The lowest BCUT2D eigenvalue weighted by atomic mass is 10.0. The number of carbonyl (C=O) groups is 1. The molecule has 3 saturated heterocycles. The van der Waals surface area contributed by atoms with Gasteiger partial charge in [-0.3, -0.25) is 4.90 Å². The summed E-state index contributed by atoms with van der Waals surface area (Å²) in [5.74, 6) is 1.28. The summed E-state index contributed by atoms with van der Waals surface area (Å²) in [6.07, 6.45) is -17.2. The third-order valence-corrected chi connectivity index (χ3v) is 7.09. The predicted molar refractivity (Wildman–Crippen MR) is 117 cm³/mol. The van der Waals surface area contributed by atoms with E-state index < -0.39 is 24.5 Å². The van der Waals surface area contributed by atoms with Crippen LogP contribution in [-0.2, 0) is 11.3 Å². The Bertz CT molecular complexity index is 888. The second-order valence-electron chi connectivity index (χ2n) is 9.89. The van der Waals surface area contributed by atoms with Crippen molar-refractivity contribution in [1.82, 2.24) is 14.7 Å². The van der Waals surface area contributed by atoms with Crippen molar-refractivity contribution in [3.05, 3.63) is 29.3 Å².